The first-order valence-corrected chi connectivity index (χ1v) is 4.52. The van der Waals surface area contributed by atoms with Gasteiger partial charge in [0.15, 0.2) is 0 Å². The minimum absolute atomic E-state index is 0.202. The molecular weight excluding hydrogens is 178 g/mol. The highest BCUT2D eigenvalue weighted by Crippen LogP contribution is 2.54. The van der Waals surface area contributed by atoms with Crippen molar-refractivity contribution in [2.75, 3.05) is 0 Å². The van der Waals surface area contributed by atoms with E-state index in [4.69, 9.17) is 0 Å². The Bertz CT molecular complexity index is 430. The highest BCUT2D eigenvalue weighted by Gasteiger charge is 2.52. The summed E-state index contributed by atoms with van der Waals surface area (Å²) in [6.45, 7) is 0. The van der Waals surface area contributed by atoms with Crippen LogP contribution in [0.15, 0.2) is 22.9 Å². The molecule has 0 N–H and O–H groups in total. The van der Waals surface area contributed by atoms with Crippen LogP contribution >= 0.6 is 11.3 Å². The fraction of sp³-hybridized carbons (Fsp3) is 0.111. The van der Waals surface area contributed by atoms with Gasteiger partial charge in [-0.05, 0) is 33.7 Å². The van der Waals surface area contributed by atoms with E-state index in [1.807, 2.05) is 10.8 Å². The lowest BCUT2D eigenvalue weighted by atomic mass is 10.2. The average molecular weight is 182 g/mol. The molecule has 0 radical (unpaired) electrons. The molecular formula is C9H4F2S. The molecule has 0 saturated carbocycles. The molecule has 0 spiro atoms. The highest BCUT2D eigenvalue weighted by molar-refractivity contribution is 7.09. The van der Waals surface area contributed by atoms with Gasteiger partial charge in [-0.1, -0.05) is 0 Å². The number of halogens is 2. The van der Waals surface area contributed by atoms with Gasteiger partial charge in [-0.15, -0.1) is 0 Å². The zero-order chi connectivity index (χ0) is 8.34. The van der Waals surface area contributed by atoms with Crippen molar-refractivity contribution < 1.29 is 8.78 Å². The first-order valence-electron chi connectivity index (χ1n) is 3.58. The Morgan fingerprint density at radius 2 is 1.50 bits per heavy atom. The molecule has 1 heterocycles. The van der Waals surface area contributed by atoms with Gasteiger partial charge in [-0.25, -0.2) is 0 Å². The lowest BCUT2D eigenvalue weighted by Crippen LogP contribution is -1.82. The molecule has 0 amide bonds. The van der Waals surface area contributed by atoms with Gasteiger partial charge in [0, 0.05) is 11.1 Å². The molecule has 0 fully saturated rings. The summed E-state index contributed by atoms with van der Waals surface area (Å²) in [5.41, 5.74) is 0.404. The summed E-state index contributed by atoms with van der Waals surface area (Å²) in [4.78, 5) is 0. The van der Waals surface area contributed by atoms with Gasteiger partial charge in [-0.3, -0.25) is 0 Å². The van der Waals surface area contributed by atoms with Crippen LogP contribution in [0.3, 0.4) is 0 Å². The number of hydrogen-bond acceptors (Lipinski definition) is 1. The van der Waals surface area contributed by atoms with Crippen molar-refractivity contribution in [3.05, 3.63) is 34.0 Å². The van der Waals surface area contributed by atoms with Crippen molar-refractivity contribution in [2.45, 2.75) is 5.92 Å². The Kier molecular flexibility index (Phi) is 0.921. The van der Waals surface area contributed by atoms with E-state index < -0.39 is 5.92 Å². The van der Waals surface area contributed by atoms with Gasteiger partial charge < -0.3 is 0 Å². The van der Waals surface area contributed by atoms with Crippen molar-refractivity contribution in [3.8, 4) is 0 Å². The van der Waals surface area contributed by atoms with Crippen molar-refractivity contribution >= 4 is 22.1 Å². The standard InChI is InChI=1S/C9H4F2S/c10-9(11)7-1-5-3-12-4-6(5)2-8(7)9/h1-4H. The zero-order valence-corrected chi connectivity index (χ0v) is 6.79. The molecule has 0 nitrogen and oxygen atoms in total. The lowest BCUT2D eigenvalue weighted by molar-refractivity contribution is 0.0990. The molecule has 0 saturated heterocycles. The Balaban J connectivity index is 2.39. The van der Waals surface area contributed by atoms with Crippen LogP contribution in [0.25, 0.3) is 10.8 Å². The molecule has 2 aromatic rings. The number of thiophene rings is 1. The van der Waals surface area contributed by atoms with Gasteiger partial charge in [0.2, 0.25) is 0 Å². The molecule has 0 bridgehead atoms. The maximum atomic E-state index is 12.8. The predicted molar refractivity (Wildman–Crippen MR) is 44.8 cm³/mol. The van der Waals surface area contributed by atoms with Gasteiger partial charge >= 0.3 is 0 Å². The summed E-state index contributed by atoms with van der Waals surface area (Å²) in [6.07, 6.45) is 0. The second-order valence-electron chi connectivity index (χ2n) is 2.97. The van der Waals surface area contributed by atoms with Crippen LogP contribution in [0, 0.1) is 0 Å². The predicted octanol–water partition coefficient (Wildman–Crippen LogP) is 3.35. The molecule has 1 aliphatic carbocycles. The van der Waals surface area contributed by atoms with Crippen molar-refractivity contribution in [1.82, 2.24) is 0 Å². The van der Waals surface area contributed by atoms with Crippen molar-refractivity contribution in [1.29, 1.82) is 0 Å². The third-order valence-electron chi connectivity index (χ3n) is 2.23. The Hall–Kier alpha value is -0.960. The maximum absolute atomic E-state index is 12.8. The second kappa shape index (κ2) is 1.69. The van der Waals surface area contributed by atoms with Crippen LogP contribution in [-0.2, 0) is 5.92 Å². The van der Waals surface area contributed by atoms with E-state index in [1.165, 1.54) is 0 Å². The van der Waals surface area contributed by atoms with Crippen molar-refractivity contribution in [2.24, 2.45) is 0 Å². The third kappa shape index (κ3) is 0.607. The van der Waals surface area contributed by atoms with Gasteiger partial charge in [0.05, 0.1) is 0 Å². The van der Waals surface area contributed by atoms with E-state index in [-0.39, 0.29) is 11.1 Å². The summed E-state index contributed by atoms with van der Waals surface area (Å²) >= 11 is 1.54. The second-order valence-corrected chi connectivity index (χ2v) is 3.72. The molecule has 0 unspecified atom stereocenters. The number of hydrogen-bond donors (Lipinski definition) is 0. The molecule has 0 aliphatic heterocycles. The molecule has 3 rings (SSSR count). The van der Waals surface area contributed by atoms with Gasteiger partial charge in [0.25, 0.3) is 5.92 Å². The van der Waals surface area contributed by atoms with Crippen LogP contribution in [-0.4, -0.2) is 0 Å². The molecule has 60 valence electrons. The summed E-state index contributed by atoms with van der Waals surface area (Å²) < 4.78 is 25.6. The molecule has 3 heteroatoms. The molecule has 1 aromatic heterocycles. The van der Waals surface area contributed by atoms with Crippen LogP contribution in [0.1, 0.15) is 11.1 Å². The van der Waals surface area contributed by atoms with Crippen LogP contribution in [0.5, 0.6) is 0 Å². The summed E-state index contributed by atoms with van der Waals surface area (Å²) in [5.74, 6) is -2.63. The van der Waals surface area contributed by atoms with E-state index in [0.717, 1.165) is 10.8 Å². The van der Waals surface area contributed by atoms with E-state index >= 15 is 0 Å². The quantitative estimate of drug-likeness (QED) is 0.586. The molecule has 12 heavy (non-hydrogen) atoms. The van der Waals surface area contributed by atoms with E-state index in [2.05, 4.69) is 0 Å². The van der Waals surface area contributed by atoms with Crippen LogP contribution in [0.2, 0.25) is 0 Å². The Labute approximate surface area is 71.4 Å². The minimum Gasteiger partial charge on any atom is -0.196 e. The number of alkyl halides is 2. The third-order valence-corrected chi connectivity index (χ3v) is 3.01. The summed E-state index contributed by atoms with van der Waals surface area (Å²) in [7, 11) is 0. The Morgan fingerprint density at radius 3 is 2.00 bits per heavy atom. The number of rotatable bonds is 0. The minimum atomic E-state index is -2.63. The van der Waals surface area contributed by atoms with Crippen molar-refractivity contribution in [3.63, 3.8) is 0 Å². The van der Waals surface area contributed by atoms with Gasteiger partial charge in [0.1, 0.15) is 0 Å². The van der Waals surface area contributed by atoms with E-state index in [0.29, 0.717) is 0 Å². The zero-order valence-electron chi connectivity index (χ0n) is 5.97. The molecule has 1 aliphatic rings. The summed E-state index contributed by atoms with van der Waals surface area (Å²) in [6, 6.07) is 3.17. The van der Waals surface area contributed by atoms with Crippen LogP contribution in [0.4, 0.5) is 8.78 Å². The molecule has 1 aromatic carbocycles. The number of benzene rings is 1. The topological polar surface area (TPSA) is 0 Å². The van der Waals surface area contributed by atoms with Gasteiger partial charge in [-0.2, -0.15) is 20.1 Å². The lowest BCUT2D eigenvalue weighted by Gasteiger charge is -1.83. The first-order chi connectivity index (χ1) is 5.69. The monoisotopic (exact) mass is 182 g/mol. The average Bonchev–Trinajstić information content (AvgIpc) is 2.50. The van der Waals surface area contributed by atoms with E-state index in [1.54, 1.807) is 23.5 Å². The smallest absolute Gasteiger partial charge is 0.196 e. The fourth-order valence-corrected chi connectivity index (χ4v) is 2.24. The summed E-state index contributed by atoms with van der Waals surface area (Å²) in [5, 5.41) is 5.64. The normalized spacial score (nSPS) is 17.8. The highest BCUT2D eigenvalue weighted by atomic mass is 32.1. The SMILES string of the molecule is FC1(F)c2cc3cscc3cc21. The largest absolute Gasteiger partial charge is 0.299 e. The van der Waals surface area contributed by atoms with E-state index in [9.17, 15) is 8.78 Å². The molecule has 0 atom stereocenters. The first kappa shape index (κ1) is 6.54. The number of fused-ring (bicyclic) bond motifs is 2. The maximum Gasteiger partial charge on any atom is 0.299 e. The van der Waals surface area contributed by atoms with Crippen LogP contribution < -0.4 is 0 Å². The fourth-order valence-electron chi connectivity index (χ4n) is 1.47. The Morgan fingerprint density at radius 1 is 1.00 bits per heavy atom.